The Labute approximate surface area is 146 Å². The number of fused-ring (bicyclic) bond motifs is 1. The second-order valence-electron chi connectivity index (χ2n) is 5.35. The molecule has 0 radical (unpaired) electrons. The average Bonchev–Trinajstić information content (AvgIpc) is 2.82. The van der Waals surface area contributed by atoms with Crippen LogP contribution in [-0.2, 0) is 0 Å². The molecule has 0 saturated carbocycles. The number of methoxy groups -OCH3 is 2. The first-order valence-electron chi connectivity index (χ1n) is 7.59. The maximum atomic E-state index is 5.76. The Morgan fingerprint density at radius 1 is 1.17 bits per heavy atom. The van der Waals surface area contributed by atoms with Crippen molar-refractivity contribution in [3.8, 4) is 11.5 Å². The molecule has 1 heterocycles. The third-order valence-electron chi connectivity index (χ3n) is 3.90. The molecule has 2 aromatic rings. The van der Waals surface area contributed by atoms with E-state index in [-0.39, 0.29) is 0 Å². The number of anilines is 1. The van der Waals surface area contributed by atoms with Crippen LogP contribution < -0.4 is 20.5 Å². The van der Waals surface area contributed by atoms with Gasteiger partial charge in [0.1, 0.15) is 4.99 Å². The van der Waals surface area contributed by atoms with Gasteiger partial charge in [0, 0.05) is 35.0 Å². The lowest BCUT2D eigenvalue weighted by Crippen LogP contribution is -2.12. The maximum Gasteiger partial charge on any atom is 0.162 e. The van der Waals surface area contributed by atoms with Gasteiger partial charge in [-0.3, -0.25) is 4.99 Å². The lowest BCUT2D eigenvalue weighted by atomic mass is 9.98. The van der Waals surface area contributed by atoms with E-state index in [4.69, 9.17) is 32.4 Å². The molecule has 124 valence electrons. The molecule has 3 N–H and O–H groups in total. The van der Waals surface area contributed by atoms with Crippen LogP contribution in [0.4, 0.5) is 5.69 Å². The number of rotatable bonds is 4. The highest BCUT2D eigenvalue weighted by molar-refractivity contribution is 7.80. The molecule has 0 spiro atoms. The third kappa shape index (κ3) is 3.05. The van der Waals surface area contributed by atoms with Crippen molar-refractivity contribution in [2.45, 2.75) is 0 Å². The van der Waals surface area contributed by atoms with Gasteiger partial charge in [-0.15, -0.1) is 0 Å². The standard InChI is InChI=1S/C18H19N3O2S/c1-22-15-9-13-14(10-16(15)23-2)20-6-7-21-17(13)11-4-3-5-12(8-11)18(19)24/h3-5,8-10,20H,6-7H2,1-2H3,(H2,19,24). The van der Waals surface area contributed by atoms with Gasteiger partial charge >= 0.3 is 0 Å². The number of thiocarbonyl (C=S) groups is 1. The molecule has 0 fully saturated rings. The SMILES string of the molecule is COc1cc2c(cc1OC)C(c1cccc(C(N)=S)c1)=NCCN2. The molecular formula is C18H19N3O2S. The zero-order chi connectivity index (χ0) is 17.1. The minimum atomic E-state index is 0.372. The first-order valence-corrected chi connectivity index (χ1v) is 8.00. The van der Waals surface area contributed by atoms with Gasteiger partial charge in [-0.05, 0) is 12.1 Å². The summed E-state index contributed by atoms with van der Waals surface area (Å²) in [4.78, 5) is 5.11. The molecule has 0 amide bonds. The van der Waals surface area contributed by atoms with Crippen molar-refractivity contribution >= 4 is 28.6 Å². The summed E-state index contributed by atoms with van der Waals surface area (Å²) in [5, 5.41) is 3.39. The number of hydrogen-bond donors (Lipinski definition) is 2. The highest BCUT2D eigenvalue weighted by atomic mass is 32.1. The van der Waals surface area contributed by atoms with E-state index in [0.29, 0.717) is 23.0 Å². The third-order valence-corrected chi connectivity index (χ3v) is 4.13. The van der Waals surface area contributed by atoms with Gasteiger partial charge in [0.25, 0.3) is 0 Å². The molecule has 0 saturated heterocycles. The fraction of sp³-hybridized carbons (Fsp3) is 0.222. The molecule has 6 heteroatoms. The number of nitrogens with zero attached hydrogens (tertiary/aromatic N) is 1. The molecule has 0 atom stereocenters. The van der Waals surface area contributed by atoms with E-state index in [0.717, 1.165) is 34.6 Å². The molecule has 3 rings (SSSR count). The van der Waals surface area contributed by atoms with Crippen molar-refractivity contribution in [3.05, 3.63) is 53.1 Å². The van der Waals surface area contributed by atoms with Crippen molar-refractivity contribution < 1.29 is 9.47 Å². The minimum absolute atomic E-state index is 0.372. The highest BCUT2D eigenvalue weighted by Crippen LogP contribution is 2.35. The van der Waals surface area contributed by atoms with Gasteiger partial charge < -0.3 is 20.5 Å². The van der Waals surface area contributed by atoms with Crippen molar-refractivity contribution in [1.29, 1.82) is 0 Å². The second-order valence-corrected chi connectivity index (χ2v) is 5.79. The number of nitrogens with one attached hydrogen (secondary N) is 1. The van der Waals surface area contributed by atoms with Gasteiger partial charge in [0.15, 0.2) is 11.5 Å². The lowest BCUT2D eigenvalue weighted by Gasteiger charge is -2.15. The average molecular weight is 341 g/mol. The van der Waals surface area contributed by atoms with Crippen LogP contribution in [0.15, 0.2) is 41.4 Å². The zero-order valence-corrected chi connectivity index (χ0v) is 14.4. The molecule has 1 aliphatic heterocycles. The summed E-state index contributed by atoms with van der Waals surface area (Å²) >= 11 is 5.09. The quantitative estimate of drug-likeness (QED) is 0.837. The largest absolute Gasteiger partial charge is 0.493 e. The molecule has 0 bridgehead atoms. The molecular weight excluding hydrogens is 322 g/mol. The number of benzene rings is 2. The Kier molecular flexibility index (Phi) is 4.66. The van der Waals surface area contributed by atoms with Gasteiger partial charge in [0.05, 0.1) is 26.5 Å². The predicted octanol–water partition coefficient (Wildman–Crippen LogP) is 2.60. The number of nitrogens with two attached hydrogens (primary N) is 1. The number of aliphatic imine (C=N–C) groups is 1. The Balaban J connectivity index is 2.15. The van der Waals surface area contributed by atoms with Crippen LogP contribution in [0.25, 0.3) is 0 Å². The lowest BCUT2D eigenvalue weighted by molar-refractivity contribution is 0.355. The second kappa shape index (κ2) is 6.88. The predicted molar refractivity (Wildman–Crippen MR) is 101 cm³/mol. The molecule has 0 unspecified atom stereocenters. The number of hydrogen-bond acceptors (Lipinski definition) is 5. The van der Waals surface area contributed by atoms with Crippen LogP contribution in [0.2, 0.25) is 0 Å². The fourth-order valence-corrected chi connectivity index (χ4v) is 2.86. The van der Waals surface area contributed by atoms with Crippen LogP contribution in [0, 0.1) is 0 Å². The Hall–Kier alpha value is -2.60. The topological polar surface area (TPSA) is 68.9 Å². The molecule has 1 aliphatic rings. The van der Waals surface area contributed by atoms with Crippen LogP contribution in [0.5, 0.6) is 11.5 Å². The van der Waals surface area contributed by atoms with Crippen LogP contribution in [-0.4, -0.2) is 38.0 Å². The summed E-state index contributed by atoms with van der Waals surface area (Å²) in [7, 11) is 3.25. The molecule has 24 heavy (non-hydrogen) atoms. The Morgan fingerprint density at radius 2 is 1.92 bits per heavy atom. The van der Waals surface area contributed by atoms with E-state index in [2.05, 4.69) is 5.32 Å². The summed E-state index contributed by atoms with van der Waals surface area (Å²) in [6.07, 6.45) is 0. The van der Waals surface area contributed by atoms with Crippen molar-refractivity contribution in [2.24, 2.45) is 10.7 Å². The van der Waals surface area contributed by atoms with E-state index >= 15 is 0 Å². The molecule has 0 aromatic heterocycles. The highest BCUT2D eigenvalue weighted by Gasteiger charge is 2.19. The van der Waals surface area contributed by atoms with Crippen molar-refractivity contribution in [3.63, 3.8) is 0 Å². The van der Waals surface area contributed by atoms with Gasteiger partial charge in [-0.2, -0.15) is 0 Å². The Bertz CT molecular complexity index is 818. The first kappa shape index (κ1) is 16.3. The van der Waals surface area contributed by atoms with E-state index in [9.17, 15) is 0 Å². The smallest absolute Gasteiger partial charge is 0.162 e. The monoisotopic (exact) mass is 341 g/mol. The van der Waals surface area contributed by atoms with Crippen molar-refractivity contribution in [2.75, 3.05) is 32.6 Å². The van der Waals surface area contributed by atoms with E-state index in [1.807, 2.05) is 36.4 Å². The molecule has 0 aliphatic carbocycles. The van der Waals surface area contributed by atoms with Gasteiger partial charge in [0.2, 0.25) is 0 Å². The maximum absolute atomic E-state index is 5.76. The normalized spacial score (nSPS) is 13.2. The van der Waals surface area contributed by atoms with E-state index < -0.39 is 0 Å². The fourth-order valence-electron chi connectivity index (χ4n) is 2.73. The van der Waals surface area contributed by atoms with Gasteiger partial charge in [-0.25, -0.2) is 0 Å². The summed E-state index contributed by atoms with van der Waals surface area (Å²) in [6.45, 7) is 1.42. The molecule has 2 aromatic carbocycles. The first-order chi connectivity index (χ1) is 11.6. The summed E-state index contributed by atoms with van der Waals surface area (Å²) < 4.78 is 10.8. The van der Waals surface area contributed by atoms with Crippen LogP contribution >= 0.6 is 12.2 Å². The van der Waals surface area contributed by atoms with E-state index in [1.54, 1.807) is 14.2 Å². The summed E-state index contributed by atoms with van der Waals surface area (Å²) in [6, 6.07) is 11.7. The van der Waals surface area contributed by atoms with Crippen LogP contribution in [0.1, 0.15) is 16.7 Å². The minimum Gasteiger partial charge on any atom is -0.493 e. The number of benzodiazepines with no additional fused rings is 1. The molecule has 5 nitrogen and oxygen atoms in total. The number of ether oxygens (including phenoxy) is 2. The van der Waals surface area contributed by atoms with Crippen LogP contribution in [0.3, 0.4) is 0 Å². The Morgan fingerprint density at radius 3 is 2.62 bits per heavy atom. The van der Waals surface area contributed by atoms with Gasteiger partial charge in [-0.1, -0.05) is 30.4 Å². The van der Waals surface area contributed by atoms with E-state index in [1.165, 1.54) is 0 Å². The van der Waals surface area contributed by atoms with Crippen molar-refractivity contribution in [1.82, 2.24) is 0 Å². The zero-order valence-electron chi connectivity index (χ0n) is 13.6. The summed E-state index contributed by atoms with van der Waals surface area (Å²) in [5.74, 6) is 1.35. The summed E-state index contributed by atoms with van der Waals surface area (Å²) in [5.41, 5.74) is 10.4.